The molecule has 112 valence electrons. The van der Waals surface area contributed by atoms with Gasteiger partial charge in [-0.15, -0.1) is 0 Å². The van der Waals surface area contributed by atoms with Gasteiger partial charge in [0.25, 0.3) is 5.91 Å². The van der Waals surface area contributed by atoms with Gasteiger partial charge in [-0.1, -0.05) is 0 Å². The van der Waals surface area contributed by atoms with E-state index in [1.54, 1.807) is 6.92 Å². The number of benzene rings is 1. The van der Waals surface area contributed by atoms with Crippen LogP contribution in [0.5, 0.6) is 0 Å². The first kappa shape index (κ1) is 15.4. The number of nitrogens with one attached hydrogen (secondary N) is 1. The maximum atomic E-state index is 12.8. The van der Waals surface area contributed by atoms with E-state index in [1.165, 1.54) is 37.5 Å². The van der Waals surface area contributed by atoms with Crippen molar-refractivity contribution in [2.75, 3.05) is 12.5 Å². The lowest BCUT2D eigenvalue weighted by atomic mass is 9.91. The number of carbonyl (C=O) groups is 2. The summed E-state index contributed by atoms with van der Waals surface area (Å²) >= 11 is 0. The number of anilines is 1. The molecule has 6 nitrogen and oxygen atoms in total. The van der Waals surface area contributed by atoms with Gasteiger partial charge in [-0.05, 0) is 36.8 Å². The van der Waals surface area contributed by atoms with E-state index in [0.717, 1.165) is 4.90 Å². The van der Waals surface area contributed by atoms with Crippen LogP contribution < -0.4 is 5.43 Å². The molecule has 0 saturated heterocycles. The lowest BCUT2D eigenvalue weighted by Crippen LogP contribution is -2.44. The van der Waals surface area contributed by atoms with Crippen molar-refractivity contribution in [3.63, 3.8) is 0 Å². The zero-order valence-electron chi connectivity index (χ0n) is 12.0. The molecule has 1 aromatic carbocycles. The minimum Gasteiger partial charge on any atom is -0.280 e. The van der Waals surface area contributed by atoms with Crippen LogP contribution in [0.15, 0.2) is 40.5 Å². The van der Waals surface area contributed by atoms with Crippen molar-refractivity contribution in [3.05, 3.63) is 41.2 Å². The van der Waals surface area contributed by atoms with Crippen LogP contribution in [0.3, 0.4) is 0 Å². The molecule has 22 heavy (non-hydrogen) atoms. The number of likely N-dealkylation sites (N-methyl/N-ethyl adjacent to an activating group) is 1. The number of amides is 2. The molecule has 1 atom stereocenters. The van der Waals surface area contributed by atoms with Crippen LogP contribution >= 0.6 is 0 Å². The fourth-order valence-corrected chi connectivity index (χ4v) is 2.01. The third kappa shape index (κ3) is 2.86. The van der Waals surface area contributed by atoms with E-state index in [4.69, 9.17) is 5.26 Å². The number of halogens is 1. The summed E-state index contributed by atoms with van der Waals surface area (Å²) in [5, 5.41) is 12.9. The van der Waals surface area contributed by atoms with Gasteiger partial charge < -0.3 is 0 Å². The van der Waals surface area contributed by atoms with Crippen LogP contribution in [-0.4, -0.2) is 30.0 Å². The van der Waals surface area contributed by atoms with Gasteiger partial charge in [-0.25, -0.2) is 4.39 Å². The molecule has 0 fully saturated rings. The number of hydrogen-bond donors (Lipinski definition) is 1. The second-order valence-corrected chi connectivity index (χ2v) is 4.75. The molecule has 0 spiro atoms. The number of hydrogen-bond acceptors (Lipinski definition) is 5. The van der Waals surface area contributed by atoms with E-state index >= 15 is 0 Å². The lowest BCUT2D eigenvalue weighted by Gasteiger charge is -2.26. The van der Waals surface area contributed by atoms with Crippen molar-refractivity contribution >= 4 is 23.7 Å². The predicted molar refractivity (Wildman–Crippen MR) is 78.1 cm³/mol. The zero-order chi connectivity index (χ0) is 16.3. The van der Waals surface area contributed by atoms with E-state index < -0.39 is 17.7 Å². The van der Waals surface area contributed by atoms with Crippen LogP contribution in [0, 0.1) is 23.1 Å². The Balaban J connectivity index is 2.20. The van der Waals surface area contributed by atoms with E-state index in [9.17, 15) is 14.0 Å². The van der Waals surface area contributed by atoms with Crippen molar-refractivity contribution < 1.29 is 14.0 Å². The Bertz CT molecular complexity index is 716. The van der Waals surface area contributed by atoms with E-state index in [-0.39, 0.29) is 11.4 Å². The topological polar surface area (TPSA) is 85.6 Å². The van der Waals surface area contributed by atoms with E-state index in [0.29, 0.717) is 11.3 Å². The fraction of sp³-hybridized carbons (Fsp3) is 0.200. The largest absolute Gasteiger partial charge is 0.280 e. The molecule has 2 amide bonds. The number of imide groups is 1. The highest BCUT2D eigenvalue weighted by molar-refractivity contribution is 6.15. The summed E-state index contributed by atoms with van der Waals surface area (Å²) < 4.78 is 12.8. The van der Waals surface area contributed by atoms with Gasteiger partial charge in [0.1, 0.15) is 17.5 Å². The Morgan fingerprint density at radius 3 is 2.59 bits per heavy atom. The molecule has 1 aliphatic rings. The van der Waals surface area contributed by atoms with Gasteiger partial charge in [0.05, 0.1) is 11.6 Å². The summed E-state index contributed by atoms with van der Waals surface area (Å²) in [5.41, 5.74) is 3.52. The Labute approximate surface area is 126 Å². The number of hydrazone groups is 1. The summed E-state index contributed by atoms with van der Waals surface area (Å²) in [6.45, 7) is 1.55. The van der Waals surface area contributed by atoms with Crippen molar-refractivity contribution in [2.24, 2.45) is 11.0 Å². The highest BCUT2D eigenvalue weighted by atomic mass is 19.1. The minimum absolute atomic E-state index is 0.0552. The third-order valence-corrected chi connectivity index (χ3v) is 3.35. The number of rotatable bonds is 3. The van der Waals surface area contributed by atoms with Crippen LogP contribution in [-0.2, 0) is 9.59 Å². The van der Waals surface area contributed by atoms with Crippen LogP contribution in [0.1, 0.15) is 6.92 Å². The fourth-order valence-electron chi connectivity index (χ4n) is 2.01. The molecule has 7 heteroatoms. The molecule has 1 heterocycles. The normalized spacial score (nSPS) is 18.8. The summed E-state index contributed by atoms with van der Waals surface area (Å²) in [6.07, 6.45) is 1.32. The highest BCUT2D eigenvalue weighted by Crippen LogP contribution is 2.23. The Morgan fingerprint density at radius 1 is 1.36 bits per heavy atom. The van der Waals surface area contributed by atoms with E-state index in [1.807, 2.05) is 6.07 Å². The Hall–Kier alpha value is -3.01. The number of nitriles is 1. The summed E-state index contributed by atoms with van der Waals surface area (Å²) in [5.74, 6) is -2.22. The summed E-state index contributed by atoms with van der Waals surface area (Å²) in [7, 11) is 1.32. The zero-order valence-corrected chi connectivity index (χ0v) is 12.0. The minimum atomic E-state index is -0.787. The maximum Gasteiger partial charge on any atom is 0.270 e. The standard InChI is InChI=1S/C15H13FN4O2/c1-9-12(7-17)14(21)20(2)15(22)13(9)8-18-19-11-5-3-10(16)4-6-11/h3-6,8,13,19H,1-2H3. The predicted octanol–water partition coefficient (Wildman–Crippen LogP) is 1.68. The van der Waals surface area contributed by atoms with Crippen LogP contribution in [0.4, 0.5) is 10.1 Å². The SMILES string of the molecule is CC1=C(C#N)C(=O)N(C)C(=O)C1C=NNc1ccc(F)cc1. The monoisotopic (exact) mass is 300 g/mol. The molecular formula is C15H13FN4O2. The summed E-state index contributed by atoms with van der Waals surface area (Å²) in [6, 6.07) is 7.35. The molecule has 1 unspecified atom stereocenters. The molecule has 0 radical (unpaired) electrons. The number of nitrogens with zero attached hydrogens (tertiary/aromatic N) is 3. The molecule has 0 saturated carbocycles. The molecule has 1 aliphatic heterocycles. The van der Waals surface area contributed by atoms with Gasteiger partial charge in [0.15, 0.2) is 0 Å². The quantitative estimate of drug-likeness (QED) is 0.523. The first-order valence-corrected chi connectivity index (χ1v) is 6.43. The molecule has 0 bridgehead atoms. The Morgan fingerprint density at radius 2 is 2.00 bits per heavy atom. The molecule has 2 rings (SSSR count). The second-order valence-electron chi connectivity index (χ2n) is 4.75. The average Bonchev–Trinajstić information content (AvgIpc) is 2.51. The van der Waals surface area contributed by atoms with Crippen molar-refractivity contribution in [1.82, 2.24) is 4.90 Å². The average molecular weight is 300 g/mol. The van der Waals surface area contributed by atoms with Gasteiger partial charge in [0.2, 0.25) is 5.91 Å². The molecular weight excluding hydrogens is 287 g/mol. The second kappa shape index (κ2) is 6.18. The molecule has 1 aromatic rings. The smallest absolute Gasteiger partial charge is 0.270 e. The van der Waals surface area contributed by atoms with Crippen LogP contribution in [0.25, 0.3) is 0 Å². The van der Waals surface area contributed by atoms with Crippen molar-refractivity contribution in [1.29, 1.82) is 5.26 Å². The van der Waals surface area contributed by atoms with Crippen molar-refractivity contribution in [2.45, 2.75) is 6.92 Å². The summed E-state index contributed by atoms with van der Waals surface area (Å²) in [4.78, 5) is 24.8. The maximum absolute atomic E-state index is 12.8. The molecule has 0 aliphatic carbocycles. The van der Waals surface area contributed by atoms with Crippen molar-refractivity contribution in [3.8, 4) is 6.07 Å². The number of carbonyl (C=O) groups excluding carboxylic acids is 2. The van der Waals surface area contributed by atoms with Gasteiger partial charge in [-0.2, -0.15) is 10.4 Å². The Kier molecular flexibility index (Phi) is 4.32. The lowest BCUT2D eigenvalue weighted by molar-refractivity contribution is -0.142. The first-order chi connectivity index (χ1) is 10.5. The van der Waals surface area contributed by atoms with Gasteiger partial charge in [-0.3, -0.25) is 19.9 Å². The molecule has 0 aromatic heterocycles. The van der Waals surface area contributed by atoms with Gasteiger partial charge in [0, 0.05) is 13.3 Å². The third-order valence-electron chi connectivity index (χ3n) is 3.35. The first-order valence-electron chi connectivity index (χ1n) is 6.43. The highest BCUT2D eigenvalue weighted by Gasteiger charge is 2.36. The molecule has 1 N–H and O–H groups in total. The van der Waals surface area contributed by atoms with Crippen LogP contribution in [0.2, 0.25) is 0 Å². The van der Waals surface area contributed by atoms with Gasteiger partial charge >= 0.3 is 0 Å². The van der Waals surface area contributed by atoms with E-state index in [2.05, 4.69) is 10.5 Å².